The third-order valence-electron chi connectivity index (χ3n) is 2.85. The molecule has 1 aromatic heterocycles. The zero-order valence-corrected chi connectivity index (χ0v) is 11.8. The lowest BCUT2D eigenvalue weighted by Crippen LogP contribution is -1.97. The third kappa shape index (κ3) is 2.44. The van der Waals surface area contributed by atoms with E-state index in [9.17, 15) is 0 Å². The molecule has 3 rings (SSSR count). The number of alkyl halides is 1. The van der Waals surface area contributed by atoms with Crippen molar-refractivity contribution in [2.75, 3.05) is 0 Å². The Morgan fingerprint density at radius 2 is 1.42 bits per heavy atom. The predicted molar refractivity (Wildman–Crippen MR) is 79.8 cm³/mol. The Morgan fingerprint density at radius 1 is 0.842 bits per heavy atom. The predicted octanol–water partition coefficient (Wildman–Crippen LogP) is 3.96. The van der Waals surface area contributed by atoms with E-state index in [1.54, 1.807) is 0 Å². The van der Waals surface area contributed by atoms with Gasteiger partial charge in [0.2, 0.25) is 0 Å². The zero-order chi connectivity index (χ0) is 13.1. The highest BCUT2D eigenvalue weighted by Gasteiger charge is 2.11. The molecule has 4 heteroatoms. The Bertz CT molecular complexity index is 662. The molecule has 0 spiro atoms. The largest absolute Gasteiger partial charge is 0.234 e. The van der Waals surface area contributed by atoms with Gasteiger partial charge in [-0.15, -0.1) is 5.10 Å². The van der Waals surface area contributed by atoms with E-state index in [1.807, 2.05) is 65.3 Å². The Labute approximate surface area is 120 Å². The van der Waals surface area contributed by atoms with Crippen molar-refractivity contribution < 1.29 is 0 Å². The minimum atomic E-state index is 0.622. The molecule has 0 saturated heterocycles. The monoisotopic (exact) mass is 313 g/mol. The molecule has 0 radical (unpaired) electrons. The van der Waals surface area contributed by atoms with Crippen LogP contribution in [0, 0.1) is 0 Å². The number of nitrogens with zero attached hydrogens (tertiary/aromatic N) is 3. The highest BCUT2D eigenvalue weighted by Crippen LogP contribution is 2.22. The summed E-state index contributed by atoms with van der Waals surface area (Å²) >= 11 is 3.45. The molecule has 3 aromatic rings. The zero-order valence-electron chi connectivity index (χ0n) is 10.2. The van der Waals surface area contributed by atoms with Gasteiger partial charge in [-0.2, -0.15) is 0 Å². The van der Waals surface area contributed by atoms with Crippen LogP contribution in [0.3, 0.4) is 0 Å². The molecule has 1 heterocycles. The fourth-order valence-corrected chi connectivity index (χ4v) is 2.29. The van der Waals surface area contributed by atoms with Gasteiger partial charge in [-0.3, -0.25) is 0 Å². The molecule has 0 aliphatic heterocycles. The summed E-state index contributed by atoms with van der Waals surface area (Å²) in [6, 6.07) is 20.1. The van der Waals surface area contributed by atoms with E-state index in [-0.39, 0.29) is 0 Å². The number of hydrogen-bond acceptors (Lipinski definition) is 2. The SMILES string of the molecule is BrCn1nc(-c2ccccc2)nc1-c1ccccc1. The van der Waals surface area contributed by atoms with Gasteiger partial charge in [-0.25, -0.2) is 9.67 Å². The summed E-state index contributed by atoms with van der Waals surface area (Å²) in [5.74, 6) is 1.62. The second kappa shape index (κ2) is 5.36. The first-order valence-corrected chi connectivity index (χ1v) is 7.12. The quantitative estimate of drug-likeness (QED) is 0.685. The van der Waals surface area contributed by atoms with Crippen molar-refractivity contribution in [2.45, 2.75) is 5.45 Å². The minimum absolute atomic E-state index is 0.622. The van der Waals surface area contributed by atoms with E-state index in [0.717, 1.165) is 22.8 Å². The maximum atomic E-state index is 4.64. The van der Waals surface area contributed by atoms with Crippen LogP contribution in [-0.4, -0.2) is 14.8 Å². The van der Waals surface area contributed by atoms with Crippen LogP contribution in [0.1, 0.15) is 0 Å². The van der Waals surface area contributed by atoms with E-state index < -0.39 is 0 Å². The lowest BCUT2D eigenvalue weighted by Gasteiger charge is -2.00. The van der Waals surface area contributed by atoms with Gasteiger partial charge >= 0.3 is 0 Å². The Morgan fingerprint density at radius 3 is 2.00 bits per heavy atom. The van der Waals surface area contributed by atoms with Crippen LogP contribution in [-0.2, 0) is 5.45 Å². The molecule has 0 N–H and O–H groups in total. The van der Waals surface area contributed by atoms with Gasteiger partial charge in [0.15, 0.2) is 11.6 Å². The van der Waals surface area contributed by atoms with Crippen molar-refractivity contribution in [1.29, 1.82) is 0 Å². The summed E-state index contributed by atoms with van der Waals surface area (Å²) in [5.41, 5.74) is 2.72. The summed E-state index contributed by atoms with van der Waals surface area (Å²) in [4.78, 5) is 4.64. The molecule has 94 valence electrons. The van der Waals surface area contributed by atoms with Crippen molar-refractivity contribution in [3.8, 4) is 22.8 Å². The Hall–Kier alpha value is -1.94. The molecule has 0 saturated carbocycles. The van der Waals surface area contributed by atoms with Crippen LogP contribution < -0.4 is 0 Å². The van der Waals surface area contributed by atoms with Gasteiger partial charge in [-0.1, -0.05) is 76.6 Å². The molecule has 19 heavy (non-hydrogen) atoms. The second-order valence-corrected chi connectivity index (χ2v) is 4.61. The highest BCUT2D eigenvalue weighted by molar-refractivity contribution is 9.08. The topological polar surface area (TPSA) is 30.7 Å². The molecule has 0 unspecified atom stereocenters. The van der Waals surface area contributed by atoms with Crippen LogP contribution in [0.15, 0.2) is 60.7 Å². The molecule has 3 nitrogen and oxygen atoms in total. The molecular weight excluding hydrogens is 302 g/mol. The fourth-order valence-electron chi connectivity index (χ4n) is 1.94. The number of aromatic nitrogens is 3. The fraction of sp³-hybridized carbons (Fsp3) is 0.0667. The number of rotatable bonds is 3. The molecular formula is C15H12BrN3. The minimum Gasteiger partial charge on any atom is -0.234 e. The van der Waals surface area contributed by atoms with Gasteiger partial charge in [0.25, 0.3) is 0 Å². The number of hydrogen-bond donors (Lipinski definition) is 0. The summed E-state index contributed by atoms with van der Waals surface area (Å²) < 4.78 is 1.86. The van der Waals surface area contributed by atoms with Crippen LogP contribution in [0.25, 0.3) is 22.8 Å². The Kier molecular flexibility index (Phi) is 3.42. The summed E-state index contributed by atoms with van der Waals surface area (Å²) in [6.07, 6.45) is 0. The van der Waals surface area contributed by atoms with Gasteiger partial charge in [0, 0.05) is 11.1 Å². The standard InChI is InChI=1S/C15H12BrN3/c16-11-19-15(13-9-5-2-6-10-13)17-14(18-19)12-7-3-1-4-8-12/h1-10H,11H2. The average Bonchev–Trinajstić information content (AvgIpc) is 2.93. The molecule has 0 bridgehead atoms. The van der Waals surface area contributed by atoms with Crippen LogP contribution >= 0.6 is 15.9 Å². The molecule has 0 aliphatic rings. The molecule has 2 aromatic carbocycles. The number of halogens is 1. The van der Waals surface area contributed by atoms with Crippen molar-refractivity contribution in [1.82, 2.24) is 14.8 Å². The van der Waals surface area contributed by atoms with Crippen LogP contribution in [0.5, 0.6) is 0 Å². The van der Waals surface area contributed by atoms with Crippen molar-refractivity contribution in [3.63, 3.8) is 0 Å². The molecule has 0 atom stereocenters. The maximum Gasteiger partial charge on any atom is 0.181 e. The molecule has 0 aliphatic carbocycles. The highest BCUT2D eigenvalue weighted by atomic mass is 79.9. The van der Waals surface area contributed by atoms with Gasteiger partial charge < -0.3 is 0 Å². The van der Waals surface area contributed by atoms with Gasteiger partial charge in [0.05, 0.1) is 5.45 Å². The van der Waals surface area contributed by atoms with Crippen LogP contribution in [0.4, 0.5) is 0 Å². The van der Waals surface area contributed by atoms with E-state index in [2.05, 4.69) is 26.0 Å². The van der Waals surface area contributed by atoms with E-state index >= 15 is 0 Å². The first-order valence-electron chi connectivity index (χ1n) is 6.00. The smallest absolute Gasteiger partial charge is 0.181 e. The van der Waals surface area contributed by atoms with Crippen molar-refractivity contribution >= 4 is 15.9 Å². The number of benzene rings is 2. The Balaban J connectivity index is 2.09. The van der Waals surface area contributed by atoms with Crippen molar-refractivity contribution in [3.05, 3.63) is 60.7 Å². The van der Waals surface area contributed by atoms with Gasteiger partial charge in [0.1, 0.15) is 0 Å². The third-order valence-corrected chi connectivity index (χ3v) is 3.32. The summed E-state index contributed by atoms with van der Waals surface area (Å²) in [7, 11) is 0. The van der Waals surface area contributed by atoms with E-state index in [1.165, 1.54) is 0 Å². The average molecular weight is 314 g/mol. The van der Waals surface area contributed by atoms with Crippen LogP contribution in [0.2, 0.25) is 0 Å². The van der Waals surface area contributed by atoms with E-state index in [0.29, 0.717) is 5.45 Å². The summed E-state index contributed by atoms with van der Waals surface area (Å²) in [6.45, 7) is 0. The first kappa shape index (κ1) is 12.1. The molecule has 0 amide bonds. The molecule has 0 fully saturated rings. The second-order valence-electron chi connectivity index (χ2n) is 4.11. The summed E-state index contributed by atoms with van der Waals surface area (Å²) in [5, 5.41) is 4.53. The van der Waals surface area contributed by atoms with Crippen molar-refractivity contribution in [2.24, 2.45) is 0 Å². The van der Waals surface area contributed by atoms with E-state index in [4.69, 9.17) is 0 Å². The first-order chi connectivity index (χ1) is 9.38. The lowest BCUT2D eigenvalue weighted by atomic mass is 10.2. The normalized spacial score (nSPS) is 10.6. The van der Waals surface area contributed by atoms with Gasteiger partial charge in [-0.05, 0) is 0 Å². The lowest BCUT2D eigenvalue weighted by molar-refractivity contribution is 0.768. The maximum absolute atomic E-state index is 4.64.